The van der Waals surface area contributed by atoms with Crippen molar-refractivity contribution in [3.8, 4) is 0 Å². The highest BCUT2D eigenvalue weighted by Crippen LogP contribution is 2.28. The fourth-order valence-electron chi connectivity index (χ4n) is 3.20. The molecule has 0 saturated carbocycles. The molecule has 7 nitrogen and oxygen atoms in total. The van der Waals surface area contributed by atoms with Gasteiger partial charge in [0.15, 0.2) is 5.13 Å². The largest absolute Gasteiger partial charge is 0.462 e. The number of carbonyl (C=O) groups is 3. The Labute approximate surface area is 171 Å². The molecule has 1 aliphatic rings. The number of benzene rings is 2. The van der Waals surface area contributed by atoms with E-state index in [1.54, 1.807) is 37.3 Å². The average Bonchev–Trinajstić information content (AvgIpc) is 3.00. The van der Waals surface area contributed by atoms with E-state index in [2.05, 4.69) is 15.6 Å². The molecule has 1 aromatic heterocycles. The van der Waals surface area contributed by atoms with Gasteiger partial charge in [0.25, 0.3) is 5.91 Å². The van der Waals surface area contributed by atoms with Gasteiger partial charge >= 0.3 is 5.97 Å². The Balaban J connectivity index is 1.54. The quantitative estimate of drug-likeness (QED) is 0.635. The molecule has 2 heterocycles. The van der Waals surface area contributed by atoms with Crippen molar-refractivity contribution in [1.82, 2.24) is 4.98 Å². The van der Waals surface area contributed by atoms with Crippen molar-refractivity contribution < 1.29 is 19.1 Å². The van der Waals surface area contributed by atoms with Crippen LogP contribution in [-0.2, 0) is 16.0 Å². The summed E-state index contributed by atoms with van der Waals surface area (Å²) in [4.78, 5) is 40.6. The zero-order chi connectivity index (χ0) is 20.4. The molecule has 0 fully saturated rings. The van der Waals surface area contributed by atoms with Crippen LogP contribution >= 0.6 is 11.3 Å². The number of hydrogen-bond acceptors (Lipinski definition) is 6. The van der Waals surface area contributed by atoms with E-state index in [0.717, 1.165) is 28.8 Å². The lowest BCUT2D eigenvalue weighted by molar-refractivity contribution is -0.116. The number of fused-ring (bicyclic) bond motifs is 2. The molecule has 1 aliphatic heterocycles. The van der Waals surface area contributed by atoms with Crippen molar-refractivity contribution in [2.45, 2.75) is 26.2 Å². The summed E-state index contributed by atoms with van der Waals surface area (Å²) in [7, 11) is 0. The molecule has 0 aliphatic carbocycles. The first-order valence-corrected chi connectivity index (χ1v) is 10.2. The number of anilines is 2. The van der Waals surface area contributed by atoms with Crippen molar-refractivity contribution in [3.05, 3.63) is 53.1 Å². The molecule has 4 rings (SSSR count). The second kappa shape index (κ2) is 8.00. The minimum atomic E-state index is -0.384. The number of nitrogens with zero attached hydrogens (tertiary/aromatic N) is 1. The molecule has 0 atom stereocenters. The van der Waals surface area contributed by atoms with Crippen LogP contribution in [-0.4, -0.2) is 29.4 Å². The zero-order valence-corrected chi connectivity index (χ0v) is 16.6. The molecule has 0 unspecified atom stereocenters. The number of amides is 2. The summed E-state index contributed by atoms with van der Waals surface area (Å²) in [6, 6.07) is 10.4. The van der Waals surface area contributed by atoms with Crippen LogP contribution in [0.2, 0.25) is 0 Å². The van der Waals surface area contributed by atoms with Crippen molar-refractivity contribution in [2.75, 3.05) is 17.2 Å². The van der Waals surface area contributed by atoms with Gasteiger partial charge in [0.2, 0.25) is 5.91 Å². The minimum Gasteiger partial charge on any atom is -0.462 e. The maximum atomic E-state index is 12.7. The lowest BCUT2D eigenvalue weighted by Crippen LogP contribution is -2.13. The van der Waals surface area contributed by atoms with Gasteiger partial charge in [-0.15, -0.1) is 0 Å². The first-order chi connectivity index (χ1) is 14.0. The minimum absolute atomic E-state index is 0.00221. The molecule has 2 amide bonds. The molecule has 0 spiro atoms. The van der Waals surface area contributed by atoms with Gasteiger partial charge in [-0.05, 0) is 61.7 Å². The number of thiazole rings is 1. The molecule has 0 saturated heterocycles. The van der Waals surface area contributed by atoms with Gasteiger partial charge in [-0.25, -0.2) is 9.78 Å². The highest BCUT2D eigenvalue weighted by molar-refractivity contribution is 7.22. The van der Waals surface area contributed by atoms with Crippen molar-refractivity contribution in [1.29, 1.82) is 0 Å². The maximum absolute atomic E-state index is 12.7. The van der Waals surface area contributed by atoms with Crippen LogP contribution in [0.1, 0.15) is 46.0 Å². The summed E-state index contributed by atoms with van der Waals surface area (Å²) < 4.78 is 5.80. The third-order valence-electron chi connectivity index (χ3n) is 4.61. The standard InChI is InChI=1S/C21H19N3O4S/c1-2-28-20(27)14-7-9-16-17(11-14)29-21(23-16)24-19(26)13-6-8-15-12(10-13)4-3-5-18(25)22-15/h6-11H,2-5H2,1H3,(H,22,25)(H,23,24,26). The van der Waals surface area contributed by atoms with Gasteiger partial charge in [0.1, 0.15) is 0 Å². The smallest absolute Gasteiger partial charge is 0.338 e. The summed E-state index contributed by atoms with van der Waals surface area (Å²) in [6.45, 7) is 2.07. The summed E-state index contributed by atoms with van der Waals surface area (Å²) in [5.41, 5.74) is 3.37. The van der Waals surface area contributed by atoms with Crippen molar-refractivity contribution in [2.24, 2.45) is 0 Å². The Morgan fingerprint density at radius 2 is 2.00 bits per heavy atom. The monoisotopic (exact) mass is 409 g/mol. The Bertz CT molecular complexity index is 1120. The van der Waals surface area contributed by atoms with Crippen LogP contribution in [0.5, 0.6) is 0 Å². The third kappa shape index (κ3) is 4.12. The first kappa shape index (κ1) is 19.1. The topological polar surface area (TPSA) is 97.4 Å². The molecule has 2 aromatic carbocycles. The van der Waals surface area contributed by atoms with Gasteiger partial charge < -0.3 is 10.1 Å². The van der Waals surface area contributed by atoms with E-state index < -0.39 is 0 Å². The highest BCUT2D eigenvalue weighted by Gasteiger charge is 2.17. The van der Waals surface area contributed by atoms with Gasteiger partial charge in [0, 0.05) is 17.7 Å². The van der Waals surface area contributed by atoms with Crippen LogP contribution in [0, 0.1) is 0 Å². The molecule has 0 radical (unpaired) electrons. The predicted octanol–water partition coefficient (Wildman–Crippen LogP) is 4.00. The SMILES string of the molecule is CCOC(=O)c1ccc2nc(NC(=O)c3ccc4c(c3)CCCC(=O)N4)sc2c1. The van der Waals surface area contributed by atoms with E-state index in [1.807, 2.05) is 6.07 Å². The van der Waals surface area contributed by atoms with E-state index in [0.29, 0.717) is 34.8 Å². The number of esters is 1. The zero-order valence-electron chi connectivity index (χ0n) is 15.8. The van der Waals surface area contributed by atoms with Gasteiger partial charge in [0.05, 0.1) is 22.4 Å². The van der Waals surface area contributed by atoms with Crippen LogP contribution in [0.3, 0.4) is 0 Å². The second-order valence-corrected chi connectivity index (χ2v) is 7.68. The molecule has 29 heavy (non-hydrogen) atoms. The van der Waals surface area contributed by atoms with E-state index >= 15 is 0 Å². The fraction of sp³-hybridized carbons (Fsp3) is 0.238. The fourth-order valence-corrected chi connectivity index (χ4v) is 4.10. The van der Waals surface area contributed by atoms with Crippen LogP contribution < -0.4 is 10.6 Å². The third-order valence-corrected chi connectivity index (χ3v) is 5.55. The molecule has 0 bridgehead atoms. The van der Waals surface area contributed by atoms with E-state index in [4.69, 9.17) is 4.74 Å². The number of aryl methyl sites for hydroxylation is 1. The maximum Gasteiger partial charge on any atom is 0.338 e. The van der Waals surface area contributed by atoms with Crippen LogP contribution in [0.25, 0.3) is 10.2 Å². The molecular weight excluding hydrogens is 390 g/mol. The number of ether oxygens (including phenoxy) is 1. The molecule has 148 valence electrons. The summed E-state index contributed by atoms with van der Waals surface area (Å²) in [5.74, 6) is -0.656. The van der Waals surface area contributed by atoms with Gasteiger partial charge in [-0.2, -0.15) is 0 Å². The van der Waals surface area contributed by atoms with Crippen molar-refractivity contribution >= 4 is 50.2 Å². The lowest BCUT2D eigenvalue weighted by Gasteiger charge is -2.09. The summed E-state index contributed by atoms with van der Waals surface area (Å²) >= 11 is 1.29. The Morgan fingerprint density at radius 3 is 2.83 bits per heavy atom. The molecule has 3 aromatic rings. The number of carbonyl (C=O) groups excluding carboxylic acids is 3. The van der Waals surface area contributed by atoms with E-state index in [-0.39, 0.29) is 17.8 Å². The highest BCUT2D eigenvalue weighted by atomic mass is 32.1. The van der Waals surface area contributed by atoms with Crippen LogP contribution in [0.15, 0.2) is 36.4 Å². The van der Waals surface area contributed by atoms with E-state index in [1.165, 1.54) is 11.3 Å². The Kier molecular flexibility index (Phi) is 5.26. The second-order valence-electron chi connectivity index (χ2n) is 6.65. The van der Waals surface area contributed by atoms with Gasteiger partial charge in [-0.1, -0.05) is 11.3 Å². The van der Waals surface area contributed by atoms with Crippen molar-refractivity contribution in [3.63, 3.8) is 0 Å². The Morgan fingerprint density at radius 1 is 1.17 bits per heavy atom. The number of nitrogens with one attached hydrogen (secondary N) is 2. The number of hydrogen-bond donors (Lipinski definition) is 2. The summed E-state index contributed by atoms with van der Waals surface area (Å²) in [5, 5.41) is 6.13. The average molecular weight is 409 g/mol. The number of aromatic nitrogens is 1. The lowest BCUT2D eigenvalue weighted by atomic mass is 10.0. The Hall–Kier alpha value is -3.26. The van der Waals surface area contributed by atoms with Gasteiger partial charge in [-0.3, -0.25) is 14.9 Å². The normalized spacial score (nSPS) is 13.3. The first-order valence-electron chi connectivity index (χ1n) is 9.35. The summed E-state index contributed by atoms with van der Waals surface area (Å²) in [6.07, 6.45) is 1.98. The van der Waals surface area contributed by atoms with Crippen LogP contribution in [0.4, 0.5) is 10.8 Å². The molecular formula is C21H19N3O4S. The van der Waals surface area contributed by atoms with E-state index in [9.17, 15) is 14.4 Å². The molecule has 8 heteroatoms. The predicted molar refractivity (Wildman–Crippen MR) is 112 cm³/mol. The molecule has 2 N–H and O–H groups in total. The number of rotatable bonds is 4.